The zero-order valence-corrected chi connectivity index (χ0v) is 21.1. The lowest BCUT2D eigenvalue weighted by Crippen LogP contribution is -2.27. The van der Waals surface area contributed by atoms with Gasteiger partial charge in [-0.05, 0) is 62.2 Å². The molecule has 0 N–H and O–H groups in total. The number of benzene rings is 2. The summed E-state index contributed by atoms with van der Waals surface area (Å²) in [5.41, 5.74) is 3.79. The molecule has 0 aliphatic carbocycles. The minimum absolute atomic E-state index is 0.184. The number of fused-ring (bicyclic) bond motifs is 1. The molecule has 3 aromatic heterocycles. The number of para-hydroxylation sites is 1. The van der Waals surface area contributed by atoms with Crippen LogP contribution in [0.25, 0.3) is 28.0 Å². The van der Waals surface area contributed by atoms with Crippen LogP contribution in [0.5, 0.6) is 5.75 Å². The summed E-state index contributed by atoms with van der Waals surface area (Å²) < 4.78 is 9.28. The van der Waals surface area contributed by atoms with Crippen molar-refractivity contribution in [2.75, 3.05) is 6.61 Å². The van der Waals surface area contributed by atoms with Crippen LogP contribution < -0.4 is 20.4 Å². The van der Waals surface area contributed by atoms with Gasteiger partial charge >= 0.3 is 0 Å². The quantitative estimate of drug-likeness (QED) is 0.317. The molecule has 0 unspecified atom stereocenters. The minimum Gasteiger partial charge on any atom is -0.494 e. The number of aromatic nitrogens is 5. The Morgan fingerprint density at radius 1 is 1.06 bits per heavy atom. The zero-order chi connectivity index (χ0) is 25.2. The average molecular weight is 500 g/mol. The molecule has 0 saturated carbocycles. The van der Waals surface area contributed by atoms with Gasteiger partial charge < -0.3 is 4.74 Å². The second-order valence-electron chi connectivity index (χ2n) is 8.50. The van der Waals surface area contributed by atoms with Crippen LogP contribution >= 0.6 is 11.3 Å². The number of thiazole rings is 1. The van der Waals surface area contributed by atoms with Gasteiger partial charge in [0.05, 0.1) is 16.8 Å². The predicted molar refractivity (Wildman–Crippen MR) is 141 cm³/mol. The van der Waals surface area contributed by atoms with Gasteiger partial charge in [0.15, 0.2) is 0 Å². The Labute approximate surface area is 211 Å². The Morgan fingerprint density at radius 3 is 2.61 bits per heavy atom. The second kappa shape index (κ2) is 9.87. The number of hydrogen-bond donors (Lipinski definition) is 0. The molecule has 5 rings (SSSR count). The first kappa shape index (κ1) is 23.6. The lowest BCUT2D eigenvalue weighted by molar-refractivity contribution is 0.309. The SMILES string of the molecule is CCCCOc1ccc(-c2nn(-c3ccccc3)cc2C=c2sc3nc(=O)c(C)nn3c2=O)c(C)c1. The van der Waals surface area contributed by atoms with Gasteiger partial charge in [-0.3, -0.25) is 9.59 Å². The maximum absolute atomic E-state index is 13.1. The van der Waals surface area contributed by atoms with Gasteiger partial charge in [-0.1, -0.05) is 42.9 Å². The Balaban J connectivity index is 1.66. The highest BCUT2D eigenvalue weighted by Crippen LogP contribution is 2.30. The topological polar surface area (TPSA) is 91.4 Å². The van der Waals surface area contributed by atoms with Crippen LogP contribution in [-0.4, -0.2) is 31.0 Å². The van der Waals surface area contributed by atoms with E-state index in [4.69, 9.17) is 9.84 Å². The fourth-order valence-electron chi connectivity index (χ4n) is 3.87. The van der Waals surface area contributed by atoms with Gasteiger partial charge in [0.25, 0.3) is 11.1 Å². The molecule has 9 heteroatoms. The Hall–Kier alpha value is -4.11. The van der Waals surface area contributed by atoms with Crippen LogP contribution in [0.15, 0.2) is 64.3 Å². The molecule has 0 aliphatic heterocycles. The molecule has 36 heavy (non-hydrogen) atoms. The summed E-state index contributed by atoms with van der Waals surface area (Å²) >= 11 is 1.13. The van der Waals surface area contributed by atoms with Crippen molar-refractivity contribution >= 4 is 22.4 Å². The predicted octanol–water partition coefficient (Wildman–Crippen LogP) is 3.71. The summed E-state index contributed by atoms with van der Waals surface area (Å²) in [4.78, 5) is 29.3. The van der Waals surface area contributed by atoms with Crippen LogP contribution in [0.3, 0.4) is 0 Å². The first-order chi connectivity index (χ1) is 17.4. The normalized spacial score (nSPS) is 11.9. The first-order valence-corrected chi connectivity index (χ1v) is 12.6. The first-order valence-electron chi connectivity index (χ1n) is 11.8. The van der Waals surface area contributed by atoms with Crippen molar-refractivity contribution in [2.45, 2.75) is 33.6 Å². The monoisotopic (exact) mass is 499 g/mol. The second-order valence-corrected chi connectivity index (χ2v) is 9.51. The van der Waals surface area contributed by atoms with Crippen LogP contribution in [0, 0.1) is 13.8 Å². The highest BCUT2D eigenvalue weighted by molar-refractivity contribution is 7.15. The van der Waals surface area contributed by atoms with E-state index in [1.165, 1.54) is 4.52 Å². The highest BCUT2D eigenvalue weighted by Gasteiger charge is 2.15. The Morgan fingerprint density at radius 2 is 1.86 bits per heavy atom. The van der Waals surface area contributed by atoms with Gasteiger partial charge in [0.2, 0.25) is 4.96 Å². The molecule has 0 spiro atoms. The van der Waals surface area contributed by atoms with Gasteiger partial charge in [-0.25, -0.2) is 4.68 Å². The molecule has 3 heterocycles. The van der Waals surface area contributed by atoms with Crippen molar-refractivity contribution in [1.82, 2.24) is 24.4 Å². The van der Waals surface area contributed by atoms with E-state index in [-0.39, 0.29) is 16.2 Å². The van der Waals surface area contributed by atoms with Crippen molar-refractivity contribution in [3.05, 3.63) is 96.8 Å². The number of hydrogen-bond acceptors (Lipinski definition) is 7. The van der Waals surface area contributed by atoms with Crippen LogP contribution in [0.2, 0.25) is 0 Å². The van der Waals surface area contributed by atoms with Crippen molar-refractivity contribution in [1.29, 1.82) is 0 Å². The average Bonchev–Trinajstić information content (AvgIpc) is 3.42. The van der Waals surface area contributed by atoms with Gasteiger partial charge in [0, 0.05) is 17.3 Å². The minimum atomic E-state index is -0.433. The van der Waals surface area contributed by atoms with E-state index in [1.54, 1.807) is 17.7 Å². The third-order valence-electron chi connectivity index (χ3n) is 5.81. The third kappa shape index (κ3) is 4.57. The van der Waals surface area contributed by atoms with Crippen LogP contribution in [0.4, 0.5) is 0 Å². The molecule has 0 saturated heterocycles. The van der Waals surface area contributed by atoms with E-state index < -0.39 is 5.56 Å². The molecular weight excluding hydrogens is 474 g/mol. The lowest BCUT2D eigenvalue weighted by atomic mass is 10.0. The lowest BCUT2D eigenvalue weighted by Gasteiger charge is -2.09. The molecule has 0 bridgehead atoms. The molecule has 182 valence electrons. The largest absolute Gasteiger partial charge is 0.494 e. The van der Waals surface area contributed by atoms with Gasteiger partial charge in [-0.15, -0.1) is 0 Å². The van der Waals surface area contributed by atoms with E-state index in [9.17, 15) is 9.59 Å². The highest BCUT2D eigenvalue weighted by atomic mass is 32.1. The maximum atomic E-state index is 13.1. The molecular formula is C27H25N5O3S. The Bertz CT molecular complexity index is 1720. The van der Waals surface area contributed by atoms with E-state index in [2.05, 4.69) is 17.0 Å². The molecule has 0 amide bonds. The molecule has 0 radical (unpaired) electrons. The van der Waals surface area contributed by atoms with Gasteiger partial charge in [0.1, 0.15) is 17.1 Å². The number of unbranched alkanes of at least 4 members (excludes halogenated alkanes) is 1. The smallest absolute Gasteiger partial charge is 0.295 e. The fourth-order valence-corrected chi connectivity index (χ4v) is 4.76. The summed E-state index contributed by atoms with van der Waals surface area (Å²) in [6, 6.07) is 15.8. The molecule has 0 atom stereocenters. The van der Waals surface area contributed by atoms with Crippen molar-refractivity contribution in [3.8, 4) is 22.7 Å². The summed E-state index contributed by atoms with van der Waals surface area (Å²) in [7, 11) is 0. The summed E-state index contributed by atoms with van der Waals surface area (Å²) in [6.45, 7) is 6.38. The number of nitrogens with zero attached hydrogens (tertiary/aromatic N) is 5. The standard InChI is InChI=1S/C27H25N5O3S/c1-4-5-13-35-21-11-12-22(17(2)14-21)24-19(16-31(30-24)20-9-7-6-8-10-20)15-23-26(34)32-27(36-23)28-25(33)18(3)29-32/h6-12,14-16H,4-5,13H2,1-3H3. The number of aryl methyl sites for hydroxylation is 2. The van der Waals surface area contributed by atoms with Crippen molar-refractivity contribution < 1.29 is 4.74 Å². The van der Waals surface area contributed by atoms with Crippen LogP contribution in [-0.2, 0) is 0 Å². The zero-order valence-electron chi connectivity index (χ0n) is 20.3. The van der Waals surface area contributed by atoms with Crippen molar-refractivity contribution in [2.24, 2.45) is 0 Å². The summed E-state index contributed by atoms with van der Waals surface area (Å²) in [6.07, 6.45) is 5.76. The van der Waals surface area contributed by atoms with E-state index in [0.29, 0.717) is 11.1 Å². The van der Waals surface area contributed by atoms with Gasteiger partial charge in [-0.2, -0.15) is 19.7 Å². The molecule has 2 aromatic carbocycles. The number of rotatable bonds is 7. The van der Waals surface area contributed by atoms with E-state index in [1.807, 2.05) is 61.7 Å². The van der Waals surface area contributed by atoms with E-state index >= 15 is 0 Å². The summed E-state index contributed by atoms with van der Waals surface area (Å²) in [5.74, 6) is 0.821. The molecule has 0 aliphatic rings. The van der Waals surface area contributed by atoms with E-state index in [0.717, 1.165) is 58.0 Å². The maximum Gasteiger partial charge on any atom is 0.295 e. The van der Waals surface area contributed by atoms with Crippen molar-refractivity contribution in [3.63, 3.8) is 0 Å². The Kier molecular flexibility index (Phi) is 6.47. The fraction of sp³-hybridized carbons (Fsp3) is 0.222. The molecule has 5 aromatic rings. The molecule has 0 fully saturated rings. The third-order valence-corrected chi connectivity index (χ3v) is 6.77. The van der Waals surface area contributed by atoms with Crippen LogP contribution in [0.1, 0.15) is 36.6 Å². The molecule has 8 nitrogen and oxygen atoms in total. The number of ether oxygens (including phenoxy) is 1. The summed E-state index contributed by atoms with van der Waals surface area (Å²) in [5, 5.41) is 8.99.